The first-order chi connectivity index (χ1) is 12.5. The number of benzene rings is 2. The van der Waals surface area contributed by atoms with Crippen LogP contribution in [0.3, 0.4) is 0 Å². The van der Waals surface area contributed by atoms with Crippen LogP contribution in [-0.2, 0) is 0 Å². The summed E-state index contributed by atoms with van der Waals surface area (Å²) in [7, 11) is 0. The van der Waals surface area contributed by atoms with Crippen molar-refractivity contribution >= 4 is 22.7 Å². The van der Waals surface area contributed by atoms with Gasteiger partial charge < -0.3 is 9.72 Å². The number of H-pyrrole nitrogens is 1. The fourth-order valence-electron chi connectivity index (χ4n) is 2.69. The SMILES string of the molecule is Cc1cc2nc(/C(C#N)=C\c3ccccc3OCC(C)C)[nH]c2cc1C. The average molecular weight is 345 g/mol. The molecule has 0 atom stereocenters. The summed E-state index contributed by atoms with van der Waals surface area (Å²) in [5.41, 5.74) is 5.55. The van der Waals surface area contributed by atoms with Gasteiger partial charge >= 0.3 is 0 Å². The Balaban J connectivity index is 2.01. The van der Waals surface area contributed by atoms with E-state index in [0.29, 0.717) is 23.9 Å². The van der Waals surface area contributed by atoms with Gasteiger partial charge in [-0.1, -0.05) is 32.0 Å². The molecule has 0 aliphatic heterocycles. The summed E-state index contributed by atoms with van der Waals surface area (Å²) in [5, 5.41) is 9.67. The van der Waals surface area contributed by atoms with Crippen molar-refractivity contribution in [3.8, 4) is 11.8 Å². The predicted molar refractivity (Wildman–Crippen MR) is 106 cm³/mol. The largest absolute Gasteiger partial charge is 0.493 e. The normalized spacial score (nSPS) is 11.8. The molecule has 132 valence electrons. The van der Waals surface area contributed by atoms with Crippen molar-refractivity contribution in [1.29, 1.82) is 5.26 Å². The van der Waals surface area contributed by atoms with E-state index in [4.69, 9.17) is 4.74 Å². The smallest absolute Gasteiger partial charge is 0.149 e. The molecule has 0 amide bonds. The number of hydrogen-bond donors (Lipinski definition) is 1. The van der Waals surface area contributed by atoms with Gasteiger partial charge in [-0.3, -0.25) is 0 Å². The van der Waals surface area contributed by atoms with Crippen LogP contribution < -0.4 is 4.74 Å². The molecule has 1 heterocycles. The summed E-state index contributed by atoms with van der Waals surface area (Å²) in [5.74, 6) is 1.78. The molecule has 26 heavy (non-hydrogen) atoms. The van der Waals surface area contributed by atoms with Crippen LogP contribution in [0.4, 0.5) is 0 Å². The third kappa shape index (κ3) is 3.78. The zero-order chi connectivity index (χ0) is 18.7. The van der Waals surface area contributed by atoms with E-state index in [1.165, 1.54) is 11.1 Å². The van der Waals surface area contributed by atoms with Crippen molar-refractivity contribution in [3.63, 3.8) is 0 Å². The van der Waals surface area contributed by atoms with Crippen molar-refractivity contribution < 1.29 is 4.74 Å². The zero-order valence-corrected chi connectivity index (χ0v) is 15.6. The van der Waals surface area contributed by atoms with Gasteiger partial charge in [0.1, 0.15) is 17.6 Å². The van der Waals surface area contributed by atoms with Crippen LogP contribution in [0.5, 0.6) is 5.75 Å². The Hall–Kier alpha value is -3.06. The third-order valence-electron chi connectivity index (χ3n) is 4.26. The molecule has 2 aromatic carbocycles. The number of nitrogens with zero attached hydrogens (tertiary/aromatic N) is 2. The number of aromatic nitrogens is 2. The second-order valence-corrected chi connectivity index (χ2v) is 6.95. The van der Waals surface area contributed by atoms with Gasteiger partial charge in [-0.2, -0.15) is 5.26 Å². The van der Waals surface area contributed by atoms with Crippen LogP contribution in [-0.4, -0.2) is 16.6 Å². The molecule has 4 nitrogen and oxygen atoms in total. The number of nitriles is 1. The summed E-state index contributed by atoms with van der Waals surface area (Å²) in [6.45, 7) is 8.98. The van der Waals surface area contributed by atoms with Crippen molar-refractivity contribution in [1.82, 2.24) is 9.97 Å². The molecule has 3 aromatic rings. The predicted octanol–water partition coefficient (Wildman–Crippen LogP) is 5.28. The van der Waals surface area contributed by atoms with Crippen molar-refractivity contribution in [2.75, 3.05) is 6.61 Å². The highest BCUT2D eigenvalue weighted by Crippen LogP contribution is 2.26. The molecule has 1 aromatic heterocycles. The molecule has 0 saturated heterocycles. The lowest BCUT2D eigenvalue weighted by Crippen LogP contribution is -2.05. The van der Waals surface area contributed by atoms with Gasteiger partial charge in [0.2, 0.25) is 0 Å². The first kappa shape index (κ1) is 17.8. The van der Waals surface area contributed by atoms with Gasteiger partial charge in [0.25, 0.3) is 0 Å². The molecule has 3 rings (SSSR count). The molecule has 0 spiro atoms. The number of imidazole rings is 1. The average Bonchev–Trinajstić information content (AvgIpc) is 3.01. The maximum absolute atomic E-state index is 9.67. The van der Waals surface area contributed by atoms with Gasteiger partial charge in [0.15, 0.2) is 0 Å². The maximum Gasteiger partial charge on any atom is 0.149 e. The minimum atomic E-state index is 0.435. The molecule has 4 heteroatoms. The van der Waals surface area contributed by atoms with Crippen LogP contribution in [0.2, 0.25) is 0 Å². The van der Waals surface area contributed by atoms with E-state index in [0.717, 1.165) is 22.3 Å². The Morgan fingerprint density at radius 3 is 2.69 bits per heavy atom. The van der Waals surface area contributed by atoms with Crippen LogP contribution in [0.15, 0.2) is 36.4 Å². The van der Waals surface area contributed by atoms with Crippen molar-refractivity contribution in [2.45, 2.75) is 27.7 Å². The molecule has 0 aliphatic rings. The van der Waals surface area contributed by atoms with E-state index in [9.17, 15) is 5.26 Å². The molecule has 1 N–H and O–H groups in total. The van der Waals surface area contributed by atoms with E-state index >= 15 is 0 Å². The fourth-order valence-corrected chi connectivity index (χ4v) is 2.69. The fraction of sp³-hybridized carbons (Fsp3) is 0.273. The summed E-state index contributed by atoms with van der Waals surface area (Å²) in [6.07, 6.45) is 1.83. The van der Waals surface area contributed by atoms with Gasteiger partial charge in [-0.25, -0.2) is 4.98 Å². The summed E-state index contributed by atoms with van der Waals surface area (Å²) in [4.78, 5) is 7.86. The van der Waals surface area contributed by atoms with E-state index < -0.39 is 0 Å². The van der Waals surface area contributed by atoms with Crippen LogP contribution in [0.25, 0.3) is 22.7 Å². The highest BCUT2D eigenvalue weighted by atomic mass is 16.5. The monoisotopic (exact) mass is 345 g/mol. The first-order valence-electron chi connectivity index (χ1n) is 8.79. The summed E-state index contributed by atoms with van der Waals surface area (Å²) in [6, 6.07) is 14.1. The zero-order valence-electron chi connectivity index (χ0n) is 15.6. The number of ether oxygens (including phenoxy) is 1. The molecule has 0 unspecified atom stereocenters. The van der Waals surface area contributed by atoms with Crippen molar-refractivity contribution in [2.24, 2.45) is 5.92 Å². The Morgan fingerprint density at radius 1 is 1.23 bits per heavy atom. The molecular formula is C22H23N3O. The second kappa shape index (κ2) is 7.45. The second-order valence-electron chi connectivity index (χ2n) is 6.95. The number of allylic oxidation sites excluding steroid dienone is 1. The minimum absolute atomic E-state index is 0.435. The number of rotatable bonds is 5. The lowest BCUT2D eigenvalue weighted by Gasteiger charge is -2.11. The van der Waals surface area contributed by atoms with E-state index in [-0.39, 0.29) is 0 Å². The number of nitrogens with one attached hydrogen (secondary N) is 1. The van der Waals surface area contributed by atoms with E-state index in [2.05, 4.69) is 49.8 Å². The lowest BCUT2D eigenvalue weighted by atomic mass is 10.1. The topological polar surface area (TPSA) is 61.7 Å². The Kier molecular flexibility index (Phi) is 5.09. The highest BCUT2D eigenvalue weighted by molar-refractivity contribution is 5.91. The number of para-hydroxylation sites is 1. The molecule has 0 fully saturated rings. The molecule has 0 radical (unpaired) electrons. The summed E-state index contributed by atoms with van der Waals surface area (Å²) >= 11 is 0. The Labute approximate surface area is 154 Å². The van der Waals surface area contributed by atoms with Crippen LogP contribution in [0, 0.1) is 31.1 Å². The van der Waals surface area contributed by atoms with Crippen LogP contribution >= 0.6 is 0 Å². The molecular weight excluding hydrogens is 322 g/mol. The van der Waals surface area contributed by atoms with Gasteiger partial charge in [0.05, 0.1) is 23.2 Å². The minimum Gasteiger partial charge on any atom is -0.493 e. The first-order valence-corrected chi connectivity index (χ1v) is 8.79. The van der Waals surface area contributed by atoms with Gasteiger partial charge in [-0.15, -0.1) is 0 Å². The Morgan fingerprint density at radius 2 is 1.96 bits per heavy atom. The van der Waals surface area contributed by atoms with Gasteiger partial charge in [0, 0.05) is 5.56 Å². The highest BCUT2D eigenvalue weighted by Gasteiger charge is 2.11. The maximum atomic E-state index is 9.67. The summed E-state index contributed by atoms with van der Waals surface area (Å²) < 4.78 is 5.89. The Bertz CT molecular complexity index is 967. The van der Waals surface area contributed by atoms with Crippen LogP contribution in [0.1, 0.15) is 36.4 Å². The quantitative estimate of drug-likeness (QED) is 0.640. The van der Waals surface area contributed by atoms with Gasteiger partial charge in [-0.05, 0) is 55.2 Å². The number of aryl methyl sites for hydroxylation is 2. The van der Waals surface area contributed by atoms with Crippen molar-refractivity contribution in [3.05, 3.63) is 58.9 Å². The lowest BCUT2D eigenvalue weighted by molar-refractivity contribution is 0.270. The van der Waals surface area contributed by atoms with E-state index in [1.54, 1.807) is 0 Å². The molecule has 0 aliphatic carbocycles. The molecule has 0 saturated carbocycles. The standard InChI is InChI=1S/C22H23N3O/c1-14(2)13-26-21-8-6-5-7-17(21)11-18(12-23)22-24-19-9-15(3)16(4)10-20(19)25-22/h5-11,14H,13H2,1-4H3,(H,24,25)/b18-11-. The van der Waals surface area contributed by atoms with E-state index in [1.807, 2.05) is 36.4 Å². The molecule has 0 bridgehead atoms. The number of hydrogen-bond acceptors (Lipinski definition) is 3. The third-order valence-corrected chi connectivity index (χ3v) is 4.26. The number of aromatic amines is 1. The number of fused-ring (bicyclic) bond motifs is 1.